The third-order valence-electron chi connectivity index (χ3n) is 5.73. The Labute approximate surface area is 229 Å². The highest BCUT2D eigenvalue weighted by atomic mass is 32.2. The number of carbonyl (C=O) groups excluding carboxylic acids is 2. The first-order chi connectivity index (χ1) is 18.9. The summed E-state index contributed by atoms with van der Waals surface area (Å²) < 4.78 is 25.3. The van der Waals surface area contributed by atoms with Crippen LogP contribution < -0.4 is 15.8 Å². The molecule has 1 unspecified atom stereocenters. The molecule has 2 heterocycles. The van der Waals surface area contributed by atoms with E-state index in [0.29, 0.717) is 36.4 Å². The minimum Gasteiger partial charge on any atom is -0.478 e. The van der Waals surface area contributed by atoms with Crippen LogP contribution in [0, 0.1) is 0 Å². The number of carbonyl (C=O) groups is 4. The lowest BCUT2D eigenvalue weighted by atomic mass is 10.0. The number of aliphatic carboxylic acids is 2. The third-order valence-corrected chi connectivity index (χ3v) is 6.34. The van der Waals surface area contributed by atoms with E-state index >= 15 is 0 Å². The third kappa shape index (κ3) is 8.41. The summed E-state index contributed by atoms with van der Waals surface area (Å²) in [6, 6.07) is 11.4. The molecule has 0 bridgehead atoms. The van der Waals surface area contributed by atoms with Gasteiger partial charge in [0, 0.05) is 41.4 Å². The molecule has 0 saturated carbocycles. The lowest BCUT2D eigenvalue weighted by Gasteiger charge is -2.14. The average Bonchev–Trinajstić information content (AvgIpc) is 3.38. The maximum absolute atomic E-state index is 12.9. The van der Waals surface area contributed by atoms with Crippen LogP contribution in [0.4, 0.5) is 10.5 Å². The number of benzene rings is 2. The van der Waals surface area contributed by atoms with Crippen molar-refractivity contribution in [1.82, 2.24) is 15.2 Å². The van der Waals surface area contributed by atoms with E-state index in [2.05, 4.69) is 15.0 Å². The SMILES string of the molecule is CS(=O)(=O)Nc1cccc(CN2C(=O)NC(Cc3ccc4[nH]cc(CCN)c4c3)C2=O)c1.O=C(O)/C=C\C(=O)O. The van der Waals surface area contributed by atoms with Crippen molar-refractivity contribution in [3.8, 4) is 0 Å². The van der Waals surface area contributed by atoms with Gasteiger partial charge in [-0.1, -0.05) is 18.2 Å². The van der Waals surface area contributed by atoms with Crippen LogP contribution in [0.1, 0.15) is 16.7 Å². The smallest absolute Gasteiger partial charge is 0.328 e. The minimum atomic E-state index is -3.42. The molecule has 3 aromatic rings. The Morgan fingerprint density at radius 2 is 1.77 bits per heavy atom. The summed E-state index contributed by atoms with van der Waals surface area (Å²) in [5.41, 5.74) is 9.77. The van der Waals surface area contributed by atoms with Crippen molar-refractivity contribution in [2.75, 3.05) is 17.5 Å². The lowest BCUT2D eigenvalue weighted by molar-refractivity contribution is -0.134. The number of urea groups is 1. The van der Waals surface area contributed by atoms with Crippen molar-refractivity contribution in [2.24, 2.45) is 5.73 Å². The lowest BCUT2D eigenvalue weighted by Crippen LogP contribution is -2.32. The van der Waals surface area contributed by atoms with Gasteiger partial charge in [0.15, 0.2) is 0 Å². The van der Waals surface area contributed by atoms with Gasteiger partial charge in [0.2, 0.25) is 10.0 Å². The molecule has 4 rings (SSSR count). The number of aromatic amines is 1. The van der Waals surface area contributed by atoms with Gasteiger partial charge >= 0.3 is 18.0 Å². The van der Waals surface area contributed by atoms with E-state index in [1.165, 1.54) is 0 Å². The number of hydrogen-bond acceptors (Lipinski definition) is 7. The molecule has 0 radical (unpaired) electrons. The number of anilines is 1. The number of sulfonamides is 1. The Morgan fingerprint density at radius 1 is 1.07 bits per heavy atom. The number of aromatic nitrogens is 1. The Morgan fingerprint density at radius 3 is 2.40 bits per heavy atom. The van der Waals surface area contributed by atoms with E-state index in [9.17, 15) is 27.6 Å². The van der Waals surface area contributed by atoms with E-state index in [1.54, 1.807) is 24.3 Å². The normalized spacial score (nSPS) is 15.2. The first-order valence-corrected chi connectivity index (χ1v) is 13.9. The van der Waals surface area contributed by atoms with Gasteiger partial charge in [0.1, 0.15) is 6.04 Å². The number of imide groups is 1. The van der Waals surface area contributed by atoms with Crippen LogP contribution in [-0.2, 0) is 43.8 Å². The van der Waals surface area contributed by atoms with E-state index in [0.717, 1.165) is 39.6 Å². The van der Waals surface area contributed by atoms with Crippen LogP contribution in [0.3, 0.4) is 0 Å². The Balaban J connectivity index is 0.000000482. The molecule has 212 valence electrons. The molecule has 7 N–H and O–H groups in total. The molecule has 1 aliphatic rings. The molecule has 1 aliphatic heterocycles. The van der Waals surface area contributed by atoms with Crippen molar-refractivity contribution in [1.29, 1.82) is 0 Å². The largest absolute Gasteiger partial charge is 0.478 e. The molecule has 1 saturated heterocycles. The second-order valence-corrected chi connectivity index (χ2v) is 10.7. The molecular formula is C26H29N5O8S. The van der Waals surface area contributed by atoms with Crippen molar-refractivity contribution < 1.29 is 37.8 Å². The highest BCUT2D eigenvalue weighted by Crippen LogP contribution is 2.23. The zero-order valence-electron chi connectivity index (χ0n) is 21.5. The number of carboxylic acids is 2. The van der Waals surface area contributed by atoms with Gasteiger partial charge in [0.05, 0.1) is 12.8 Å². The predicted octanol–water partition coefficient (Wildman–Crippen LogP) is 1.42. The highest BCUT2D eigenvalue weighted by molar-refractivity contribution is 7.92. The van der Waals surface area contributed by atoms with Gasteiger partial charge in [-0.3, -0.25) is 14.4 Å². The van der Waals surface area contributed by atoms with Gasteiger partial charge < -0.3 is 26.2 Å². The van der Waals surface area contributed by atoms with Crippen LogP contribution in [-0.4, -0.2) is 71.2 Å². The number of rotatable bonds is 10. The molecule has 40 heavy (non-hydrogen) atoms. The molecule has 1 fully saturated rings. The van der Waals surface area contributed by atoms with Crippen molar-refractivity contribution >= 4 is 50.5 Å². The quantitative estimate of drug-likeness (QED) is 0.153. The Bertz CT molecular complexity index is 1550. The second-order valence-electron chi connectivity index (χ2n) is 8.95. The molecule has 14 heteroatoms. The van der Waals surface area contributed by atoms with E-state index in [-0.39, 0.29) is 12.5 Å². The maximum Gasteiger partial charge on any atom is 0.328 e. The summed E-state index contributed by atoms with van der Waals surface area (Å²) >= 11 is 0. The predicted molar refractivity (Wildman–Crippen MR) is 147 cm³/mol. The van der Waals surface area contributed by atoms with Crippen LogP contribution in [0.25, 0.3) is 10.9 Å². The van der Waals surface area contributed by atoms with Gasteiger partial charge in [-0.05, 0) is 53.9 Å². The van der Waals surface area contributed by atoms with Crippen molar-refractivity contribution in [2.45, 2.75) is 25.4 Å². The molecule has 2 aromatic carbocycles. The number of amides is 3. The number of H-pyrrole nitrogens is 1. The van der Waals surface area contributed by atoms with Crippen LogP contribution in [0.5, 0.6) is 0 Å². The zero-order chi connectivity index (χ0) is 29.4. The molecular weight excluding hydrogens is 542 g/mol. The second kappa shape index (κ2) is 12.9. The number of nitrogens with zero attached hydrogens (tertiary/aromatic N) is 1. The van der Waals surface area contributed by atoms with E-state index < -0.39 is 34.0 Å². The number of nitrogens with two attached hydrogens (primary N) is 1. The molecule has 13 nitrogen and oxygen atoms in total. The summed E-state index contributed by atoms with van der Waals surface area (Å²) in [4.78, 5) is 48.9. The maximum atomic E-state index is 12.9. The fourth-order valence-electron chi connectivity index (χ4n) is 4.09. The Kier molecular flexibility index (Phi) is 9.63. The summed E-state index contributed by atoms with van der Waals surface area (Å²) in [5.74, 6) is -2.83. The first-order valence-electron chi connectivity index (χ1n) is 12.0. The first kappa shape index (κ1) is 29.9. The fourth-order valence-corrected chi connectivity index (χ4v) is 4.64. The minimum absolute atomic E-state index is 0.0535. The van der Waals surface area contributed by atoms with Gasteiger partial charge in [-0.15, -0.1) is 0 Å². The summed E-state index contributed by atoms with van der Waals surface area (Å²) in [6.45, 7) is 0.599. The topological polar surface area (TPSA) is 212 Å². The fraction of sp³-hybridized carbons (Fsp3) is 0.231. The highest BCUT2D eigenvalue weighted by Gasteiger charge is 2.37. The van der Waals surface area contributed by atoms with Gasteiger partial charge in [-0.25, -0.2) is 22.8 Å². The van der Waals surface area contributed by atoms with E-state index in [1.807, 2.05) is 24.4 Å². The van der Waals surface area contributed by atoms with Crippen molar-refractivity contribution in [3.63, 3.8) is 0 Å². The molecule has 1 aromatic heterocycles. The average molecular weight is 572 g/mol. The van der Waals surface area contributed by atoms with Gasteiger partial charge in [-0.2, -0.15) is 0 Å². The standard InChI is InChI=1S/C22H25N5O4S.C4H4O4/c1-32(30,31)26-17-4-2-3-15(9-17)13-27-21(28)20(25-22(27)29)11-14-5-6-19-18(10-14)16(7-8-23)12-24-19;5-3(6)1-2-4(7)8/h2-6,9-10,12,20,24,26H,7-8,11,13,23H2,1H3,(H,25,29);1-2H,(H,5,6)(H,7,8)/b;2-1-. The summed E-state index contributed by atoms with van der Waals surface area (Å²) in [5, 5.41) is 19.4. The monoisotopic (exact) mass is 571 g/mol. The van der Waals surface area contributed by atoms with E-state index in [4.69, 9.17) is 15.9 Å². The van der Waals surface area contributed by atoms with Crippen LogP contribution in [0.2, 0.25) is 0 Å². The molecule has 0 aliphatic carbocycles. The number of fused-ring (bicyclic) bond motifs is 1. The Hall–Kier alpha value is -4.69. The van der Waals surface area contributed by atoms with Crippen LogP contribution >= 0.6 is 0 Å². The summed E-state index contributed by atoms with van der Waals surface area (Å²) in [6.07, 6.45) is 5.25. The van der Waals surface area contributed by atoms with Crippen molar-refractivity contribution in [3.05, 3.63) is 77.5 Å². The van der Waals surface area contributed by atoms with Crippen LogP contribution in [0.15, 0.2) is 60.8 Å². The van der Waals surface area contributed by atoms with Gasteiger partial charge in [0.25, 0.3) is 5.91 Å². The summed E-state index contributed by atoms with van der Waals surface area (Å²) in [7, 11) is -3.42. The molecule has 1 atom stereocenters. The number of carboxylic acid groups (broad SMARTS) is 2. The number of nitrogens with one attached hydrogen (secondary N) is 3. The molecule has 3 amide bonds. The number of hydrogen-bond donors (Lipinski definition) is 6. The molecule has 0 spiro atoms. The zero-order valence-corrected chi connectivity index (χ0v) is 22.3.